The van der Waals surface area contributed by atoms with E-state index in [1.807, 2.05) is 30.3 Å². The second-order valence-electron chi connectivity index (χ2n) is 9.54. The zero-order valence-electron chi connectivity index (χ0n) is 18.4. The molecule has 27 heavy (non-hydrogen) atoms. The summed E-state index contributed by atoms with van der Waals surface area (Å²) in [4.78, 5) is 12.1. The largest absolute Gasteiger partial charge is 0.465 e. The second kappa shape index (κ2) is 10.2. The van der Waals surface area contributed by atoms with Crippen LogP contribution in [0.5, 0.6) is 0 Å². The molecule has 1 aromatic rings. The molecule has 1 rings (SSSR count). The summed E-state index contributed by atoms with van der Waals surface area (Å²) >= 11 is 0. The van der Waals surface area contributed by atoms with Crippen LogP contribution in [0.1, 0.15) is 18.9 Å². The number of rotatable bonds is 11. The summed E-state index contributed by atoms with van der Waals surface area (Å²) in [5.74, 6) is 0.0985. The lowest BCUT2D eigenvalue weighted by Gasteiger charge is -2.39. The normalized spacial score (nSPS) is 14.1. The molecule has 0 bridgehead atoms. The molecule has 0 N–H and O–H groups in total. The van der Waals surface area contributed by atoms with Gasteiger partial charge in [0.05, 0.1) is 6.61 Å². The molecule has 0 amide bonds. The summed E-state index contributed by atoms with van der Waals surface area (Å²) in [5, 5.41) is 0. The minimum atomic E-state index is -2.29. The fourth-order valence-electron chi connectivity index (χ4n) is 3.29. The van der Waals surface area contributed by atoms with Crippen molar-refractivity contribution in [3.63, 3.8) is 0 Å². The fourth-order valence-corrected chi connectivity index (χ4v) is 16.2. The third kappa shape index (κ3) is 11.6. The van der Waals surface area contributed by atoms with Gasteiger partial charge in [0.15, 0.2) is 16.6 Å². The molecule has 0 spiro atoms. The van der Waals surface area contributed by atoms with E-state index in [0.29, 0.717) is 13.0 Å². The van der Waals surface area contributed by atoms with Gasteiger partial charge in [0.2, 0.25) is 0 Å². The molecule has 0 saturated carbocycles. The molecule has 0 aliphatic carbocycles. The highest BCUT2D eigenvalue weighted by Gasteiger charge is 2.41. The molecule has 0 aromatic heterocycles. The van der Waals surface area contributed by atoms with E-state index in [2.05, 4.69) is 52.8 Å². The van der Waals surface area contributed by atoms with Gasteiger partial charge in [0.25, 0.3) is 0 Å². The van der Waals surface area contributed by atoms with Gasteiger partial charge in [-0.05, 0) is 69.8 Å². The third-order valence-electron chi connectivity index (χ3n) is 3.75. The Morgan fingerprint density at radius 3 is 1.93 bits per heavy atom. The summed E-state index contributed by atoms with van der Waals surface area (Å²) in [6.07, 6.45) is 1.14. The highest BCUT2D eigenvalue weighted by Crippen LogP contribution is 2.27. The first-order valence-electron chi connectivity index (χ1n) is 9.88. The Morgan fingerprint density at radius 2 is 1.44 bits per heavy atom. The van der Waals surface area contributed by atoms with Gasteiger partial charge < -0.3 is 13.0 Å². The molecule has 7 heteroatoms. The number of hydrogen-bond acceptors (Lipinski definition) is 4. The number of benzene rings is 1. The van der Waals surface area contributed by atoms with E-state index in [1.54, 1.807) is 0 Å². The Labute approximate surface area is 169 Å². The van der Waals surface area contributed by atoms with Crippen LogP contribution in [0.15, 0.2) is 30.3 Å². The molecule has 1 atom stereocenters. The Kier molecular flexibility index (Phi) is 9.14. The van der Waals surface area contributed by atoms with Crippen molar-refractivity contribution in [2.75, 3.05) is 6.61 Å². The minimum absolute atomic E-state index is 0.133. The van der Waals surface area contributed by atoms with Crippen LogP contribution >= 0.6 is 0 Å². The van der Waals surface area contributed by atoms with Crippen LogP contribution in [-0.4, -0.2) is 37.8 Å². The molecule has 0 fully saturated rings. The van der Waals surface area contributed by atoms with Crippen molar-refractivity contribution >= 4 is 31.2 Å². The summed E-state index contributed by atoms with van der Waals surface area (Å²) in [5.41, 5.74) is 1.16. The topological polar surface area (TPSA) is 44.8 Å². The van der Waals surface area contributed by atoms with Gasteiger partial charge in [-0.1, -0.05) is 37.3 Å². The van der Waals surface area contributed by atoms with E-state index in [0.717, 1.165) is 18.0 Å². The van der Waals surface area contributed by atoms with Gasteiger partial charge in [-0.25, -0.2) is 0 Å². The Balaban J connectivity index is 2.52. The molecule has 1 unspecified atom stereocenters. The summed E-state index contributed by atoms with van der Waals surface area (Å²) in [6.45, 7) is 18.0. The van der Waals surface area contributed by atoms with E-state index < -0.39 is 25.2 Å². The Morgan fingerprint density at radius 1 is 0.926 bits per heavy atom. The molecule has 154 valence electrons. The van der Waals surface area contributed by atoms with E-state index in [-0.39, 0.29) is 11.9 Å². The number of ether oxygens (including phenoxy) is 1. The van der Waals surface area contributed by atoms with Gasteiger partial charge in [-0.3, -0.25) is 4.79 Å². The van der Waals surface area contributed by atoms with Crippen molar-refractivity contribution in [3.8, 4) is 0 Å². The Hall–Kier alpha value is -0.739. The molecule has 0 heterocycles. The number of carbonyl (C=O) groups excluding carboxylic acids is 1. The average Bonchev–Trinajstić information content (AvgIpc) is 2.47. The molecule has 4 nitrogen and oxygen atoms in total. The van der Waals surface area contributed by atoms with Gasteiger partial charge in [0, 0.05) is 6.42 Å². The van der Waals surface area contributed by atoms with E-state index in [1.165, 1.54) is 0 Å². The molecule has 0 saturated heterocycles. The first-order chi connectivity index (χ1) is 12.3. The van der Waals surface area contributed by atoms with Crippen molar-refractivity contribution in [1.29, 1.82) is 0 Å². The minimum Gasteiger partial charge on any atom is -0.465 e. The zero-order valence-corrected chi connectivity index (χ0v) is 21.4. The Bertz CT molecular complexity index is 563. The average molecular weight is 427 g/mol. The maximum absolute atomic E-state index is 12.1. The number of aryl methyl sites for hydroxylation is 1. The molecular weight excluding hydrogens is 388 g/mol. The monoisotopic (exact) mass is 426 g/mol. The number of carbonyl (C=O) groups is 1. The van der Waals surface area contributed by atoms with Gasteiger partial charge in [-0.2, -0.15) is 0 Å². The van der Waals surface area contributed by atoms with Crippen LogP contribution in [0.25, 0.3) is 0 Å². The zero-order chi connectivity index (χ0) is 20.7. The maximum Gasteiger partial charge on any atom is 0.314 e. The smallest absolute Gasteiger partial charge is 0.314 e. The van der Waals surface area contributed by atoms with Gasteiger partial charge in [-0.15, -0.1) is 0 Å². The first-order valence-corrected chi connectivity index (χ1v) is 19.2. The molecule has 1 aromatic carbocycles. The first kappa shape index (κ1) is 24.3. The van der Waals surface area contributed by atoms with Crippen LogP contribution < -0.4 is 0 Å². The lowest BCUT2D eigenvalue weighted by molar-refractivity contribution is -0.144. The summed E-state index contributed by atoms with van der Waals surface area (Å²) < 4.78 is 18.6. The standard InChI is InChI=1S/C20H38O4Si3/c1-18(16-22-20(21)15-14-19-12-10-9-11-13-19)17-27(8,23-25(2,3)4)24-26(5,6)7/h9-13,18H,14-17H2,1-8H3. The van der Waals surface area contributed by atoms with Crippen LogP contribution in [0, 0.1) is 5.92 Å². The molecule has 0 aliphatic rings. The predicted molar refractivity (Wildman–Crippen MR) is 120 cm³/mol. The van der Waals surface area contributed by atoms with Crippen LogP contribution in [-0.2, 0) is 24.2 Å². The van der Waals surface area contributed by atoms with Crippen molar-refractivity contribution in [2.45, 2.75) is 71.6 Å². The lowest BCUT2D eigenvalue weighted by atomic mass is 10.1. The van der Waals surface area contributed by atoms with Crippen LogP contribution in [0.3, 0.4) is 0 Å². The maximum atomic E-state index is 12.1. The summed E-state index contributed by atoms with van der Waals surface area (Å²) in [6, 6.07) is 10.9. The predicted octanol–water partition coefficient (Wildman–Crippen LogP) is 5.57. The molecule has 0 radical (unpaired) electrons. The van der Waals surface area contributed by atoms with Crippen molar-refractivity contribution < 1.29 is 17.8 Å². The van der Waals surface area contributed by atoms with E-state index in [4.69, 9.17) is 13.0 Å². The van der Waals surface area contributed by atoms with Crippen LogP contribution in [0.4, 0.5) is 0 Å². The van der Waals surface area contributed by atoms with E-state index in [9.17, 15) is 4.79 Å². The quantitative estimate of drug-likeness (QED) is 0.342. The van der Waals surface area contributed by atoms with Crippen molar-refractivity contribution in [1.82, 2.24) is 0 Å². The third-order valence-corrected chi connectivity index (χ3v) is 13.5. The lowest BCUT2D eigenvalue weighted by Crippen LogP contribution is -2.53. The SMILES string of the molecule is CC(COC(=O)CCc1ccccc1)C[Si](C)(O[Si](C)(C)C)O[Si](C)(C)C. The second-order valence-corrected chi connectivity index (χ2v) is 22.3. The van der Waals surface area contributed by atoms with Gasteiger partial charge >= 0.3 is 14.5 Å². The van der Waals surface area contributed by atoms with Gasteiger partial charge in [0.1, 0.15) is 0 Å². The highest BCUT2D eigenvalue weighted by atomic mass is 28.5. The number of hydrogen-bond donors (Lipinski definition) is 0. The van der Waals surface area contributed by atoms with Crippen molar-refractivity contribution in [3.05, 3.63) is 35.9 Å². The van der Waals surface area contributed by atoms with E-state index >= 15 is 0 Å². The number of esters is 1. The fraction of sp³-hybridized carbons (Fsp3) is 0.650. The molecular formula is C20H38O4Si3. The summed E-state index contributed by atoms with van der Waals surface area (Å²) in [7, 11) is -5.70. The van der Waals surface area contributed by atoms with Crippen LogP contribution in [0.2, 0.25) is 51.9 Å². The van der Waals surface area contributed by atoms with Crippen molar-refractivity contribution in [2.24, 2.45) is 5.92 Å². The molecule has 0 aliphatic heterocycles. The highest BCUT2D eigenvalue weighted by molar-refractivity contribution is 6.87.